The number of sulfone groups is 1. The van der Waals surface area contributed by atoms with Gasteiger partial charge in [-0.25, -0.2) is 18.4 Å². The Morgan fingerprint density at radius 2 is 1.74 bits per heavy atom. The van der Waals surface area contributed by atoms with Gasteiger partial charge in [0.05, 0.1) is 21.3 Å². The molecule has 4 aromatic rings. The fourth-order valence-corrected chi connectivity index (χ4v) is 6.07. The van der Waals surface area contributed by atoms with Gasteiger partial charge in [0.15, 0.2) is 9.84 Å². The lowest BCUT2D eigenvalue weighted by Gasteiger charge is -2.35. The van der Waals surface area contributed by atoms with Gasteiger partial charge in [-0.15, -0.1) is 11.3 Å². The highest BCUT2D eigenvalue weighted by Crippen LogP contribution is 2.36. The van der Waals surface area contributed by atoms with Crippen LogP contribution < -0.4 is 10.2 Å². The molecule has 0 unspecified atom stereocenters. The van der Waals surface area contributed by atoms with Gasteiger partial charge in [0, 0.05) is 60.3 Å². The number of fused-ring (bicyclic) bond motifs is 1. The number of rotatable bonds is 6. The zero-order chi connectivity index (χ0) is 23.7. The van der Waals surface area contributed by atoms with Crippen LogP contribution in [0, 0.1) is 0 Å². The summed E-state index contributed by atoms with van der Waals surface area (Å²) in [5.74, 6) is 0.480. The molecule has 0 atom stereocenters. The Bertz CT molecular complexity index is 1410. The summed E-state index contributed by atoms with van der Waals surface area (Å²) in [7, 11) is -3.37. The maximum Gasteiger partial charge on any atom is 0.227 e. The summed E-state index contributed by atoms with van der Waals surface area (Å²) < 4.78 is 25.5. The van der Waals surface area contributed by atoms with E-state index in [4.69, 9.17) is 4.98 Å². The minimum absolute atomic E-state index is 0.304. The second kappa shape index (κ2) is 9.32. The van der Waals surface area contributed by atoms with E-state index < -0.39 is 9.84 Å². The maximum atomic E-state index is 12.3. The molecular formula is C25H27N5O2S2. The molecular weight excluding hydrogens is 466 g/mol. The molecule has 2 aromatic heterocycles. The van der Waals surface area contributed by atoms with E-state index in [-0.39, 0.29) is 0 Å². The van der Waals surface area contributed by atoms with E-state index in [1.54, 1.807) is 18.3 Å². The molecule has 0 bridgehead atoms. The summed E-state index contributed by atoms with van der Waals surface area (Å²) in [6, 6.07) is 15.4. The lowest BCUT2D eigenvalue weighted by atomic mass is 10.1. The van der Waals surface area contributed by atoms with Crippen molar-refractivity contribution in [2.75, 3.05) is 49.2 Å². The summed E-state index contributed by atoms with van der Waals surface area (Å²) in [6.45, 7) is 7.57. The summed E-state index contributed by atoms with van der Waals surface area (Å²) in [4.78, 5) is 14.4. The Hall–Kier alpha value is -3.01. The first-order valence-electron chi connectivity index (χ1n) is 11.3. The van der Waals surface area contributed by atoms with Gasteiger partial charge in [-0.1, -0.05) is 25.1 Å². The molecule has 0 aliphatic carbocycles. The number of anilines is 3. The molecule has 1 fully saturated rings. The van der Waals surface area contributed by atoms with Gasteiger partial charge in [-0.3, -0.25) is 0 Å². The van der Waals surface area contributed by atoms with E-state index >= 15 is 0 Å². The van der Waals surface area contributed by atoms with Crippen LogP contribution in [0.15, 0.2) is 65.0 Å². The molecule has 2 aromatic carbocycles. The van der Waals surface area contributed by atoms with E-state index in [2.05, 4.69) is 39.2 Å². The molecule has 176 valence electrons. The van der Waals surface area contributed by atoms with Crippen LogP contribution in [0.4, 0.5) is 17.3 Å². The topological polar surface area (TPSA) is 78.4 Å². The molecule has 0 amide bonds. The molecule has 5 rings (SSSR count). The van der Waals surface area contributed by atoms with Crippen LogP contribution in [0.25, 0.3) is 21.3 Å². The van der Waals surface area contributed by atoms with E-state index in [1.165, 1.54) is 23.3 Å². The Balaban J connectivity index is 1.39. The van der Waals surface area contributed by atoms with Crippen LogP contribution in [-0.2, 0) is 9.84 Å². The van der Waals surface area contributed by atoms with Crippen LogP contribution in [0.1, 0.15) is 6.92 Å². The van der Waals surface area contributed by atoms with Crippen molar-refractivity contribution in [2.45, 2.75) is 11.8 Å². The Kier molecular flexibility index (Phi) is 6.24. The van der Waals surface area contributed by atoms with Crippen molar-refractivity contribution in [1.29, 1.82) is 0 Å². The SMILES string of the molecule is CCN1CCN(c2ccc(Nc3ncc4scc(-c5ccccc5S(C)(=O)=O)c4n3)cc2)CC1. The number of likely N-dealkylation sites (N-methyl/N-ethyl adjacent to an activating group) is 1. The van der Waals surface area contributed by atoms with E-state index in [0.29, 0.717) is 16.4 Å². The highest BCUT2D eigenvalue weighted by Gasteiger charge is 2.19. The average molecular weight is 494 g/mol. The number of piperazine rings is 1. The standard InChI is InChI=1S/C25H27N5O2S2/c1-3-29-12-14-30(15-13-29)19-10-8-18(9-11-19)27-25-26-16-22-24(28-25)21(17-33-22)20-6-4-5-7-23(20)34(2,31)32/h4-11,16-17H,3,12-15H2,1-2H3,(H,26,27,28). The number of nitrogens with zero attached hydrogens (tertiary/aromatic N) is 4. The number of benzene rings is 2. The van der Waals surface area contributed by atoms with Crippen molar-refractivity contribution in [2.24, 2.45) is 0 Å². The van der Waals surface area contributed by atoms with Crippen molar-refractivity contribution in [3.8, 4) is 11.1 Å². The van der Waals surface area contributed by atoms with Crippen LogP contribution in [-0.4, -0.2) is 62.3 Å². The van der Waals surface area contributed by atoms with Gasteiger partial charge in [0.2, 0.25) is 5.95 Å². The van der Waals surface area contributed by atoms with Gasteiger partial charge in [-0.05, 0) is 36.9 Å². The van der Waals surface area contributed by atoms with Crippen molar-refractivity contribution in [3.63, 3.8) is 0 Å². The Labute approximate surface area is 204 Å². The number of nitrogens with one attached hydrogen (secondary N) is 1. The van der Waals surface area contributed by atoms with Crippen LogP contribution in [0.5, 0.6) is 0 Å². The third kappa shape index (κ3) is 4.64. The lowest BCUT2D eigenvalue weighted by Crippen LogP contribution is -2.46. The molecule has 0 saturated carbocycles. The quantitative estimate of drug-likeness (QED) is 0.419. The second-order valence-electron chi connectivity index (χ2n) is 8.42. The molecule has 0 radical (unpaired) electrons. The molecule has 1 saturated heterocycles. The molecule has 0 spiro atoms. The predicted octanol–water partition coefficient (Wildman–Crippen LogP) is 4.65. The molecule has 1 aliphatic rings. The minimum Gasteiger partial charge on any atom is -0.369 e. The number of hydrogen-bond acceptors (Lipinski definition) is 8. The third-order valence-corrected chi connectivity index (χ3v) is 8.26. The van der Waals surface area contributed by atoms with Gasteiger partial charge < -0.3 is 15.1 Å². The monoisotopic (exact) mass is 493 g/mol. The Morgan fingerprint density at radius 1 is 1.00 bits per heavy atom. The predicted molar refractivity (Wildman–Crippen MR) is 140 cm³/mol. The van der Waals surface area contributed by atoms with Crippen molar-refractivity contribution in [3.05, 3.63) is 60.1 Å². The number of thiophene rings is 1. The molecule has 34 heavy (non-hydrogen) atoms. The van der Waals surface area contributed by atoms with Gasteiger partial charge >= 0.3 is 0 Å². The average Bonchev–Trinajstić information content (AvgIpc) is 3.27. The number of aromatic nitrogens is 2. The van der Waals surface area contributed by atoms with Gasteiger partial charge in [0.1, 0.15) is 0 Å². The van der Waals surface area contributed by atoms with Crippen LogP contribution >= 0.6 is 11.3 Å². The lowest BCUT2D eigenvalue weighted by molar-refractivity contribution is 0.271. The second-order valence-corrected chi connectivity index (χ2v) is 11.3. The van der Waals surface area contributed by atoms with Crippen LogP contribution in [0.2, 0.25) is 0 Å². The zero-order valence-electron chi connectivity index (χ0n) is 19.2. The largest absolute Gasteiger partial charge is 0.369 e. The van der Waals surface area contributed by atoms with Gasteiger partial charge in [0.25, 0.3) is 0 Å². The van der Waals surface area contributed by atoms with Crippen LogP contribution in [0.3, 0.4) is 0 Å². The molecule has 9 heteroatoms. The Morgan fingerprint density at radius 3 is 2.44 bits per heavy atom. The smallest absolute Gasteiger partial charge is 0.227 e. The molecule has 1 aliphatic heterocycles. The van der Waals surface area contributed by atoms with E-state index in [9.17, 15) is 8.42 Å². The highest BCUT2D eigenvalue weighted by atomic mass is 32.2. The summed E-state index contributed by atoms with van der Waals surface area (Å²) in [5, 5.41) is 5.24. The fourth-order valence-electron chi connectivity index (χ4n) is 4.30. The minimum atomic E-state index is -3.37. The molecule has 1 N–H and O–H groups in total. The van der Waals surface area contributed by atoms with Crippen molar-refractivity contribution >= 4 is 48.7 Å². The number of hydrogen-bond donors (Lipinski definition) is 1. The summed E-state index contributed by atoms with van der Waals surface area (Å²) in [5.41, 5.74) is 4.32. The van der Waals surface area contributed by atoms with E-state index in [0.717, 1.165) is 54.2 Å². The fraction of sp³-hybridized carbons (Fsp3) is 0.280. The van der Waals surface area contributed by atoms with Crippen molar-refractivity contribution in [1.82, 2.24) is 14.9 Å². The third-order valence-electron chi connectivity index (χ3n) is 6.20. The molecule has 7 nitrogen and oxygen atoms in total. The first kappa shape index (κ1) is 22.8. The maximum absolute atomic E-state index is 12.3. The summed E-state index contributed by atoms with van der Waals surface area (Å²) in [6.07, 6.45) is 3.01. The zero-order valence-corrected chi connectivity index (χ0v) is 20.9. The van der Waals surface area contributed by atoms with Crippen molar-refractivity contribution < 1.29 is 8.42 Å². The first-order chi connectivity index (χ1) is 16.4. The highest BCUT2D eigenvalue weighted by molar-refractivity contribution is 7.90. The summed E-state index contributed by atoms with van der Waals surface area (Å²) >= 11 is 1.51. The normalized spacial score (nSPS) is 15.1. The first-order valence-corrected chi connectivity index (χ1v) is 14.1. The molecule has 3 heterocycles. The van der Waals surface area contributed by atoms with E-state index in [1.807, 2.05) is 29.6 Å². The van der Waals surface area contributed by atoms with Gasteiger partial charge in [-0.2, -0.15) is 0 Å².